The molecule has 0 unspecified atom stereocenters. The number of hydrogen-bond acceptors (Lipinski definition) is 3. The van der Waals surface area contributed by atoms with Gasteiger partial charge in [0.05, 0.1) is 6.10 Å². The van der Waals surface area contributed by atoms with Gasteiger partial charge in [0.25, 0.3) is 0 Å². The fraction of sp³-hybridized carbons (Fsp3) is 0.368. The van der Waals surface area contributed by atoms with Crippen LogP contribution in [0.4, 0.5) is 5.82 Å². The maximum absolute atomic E-state index is 12.0. The Hall–Kier alpha value is -1.88. The van der Waals surface area contributed by atoms with E-state index in [1.165, 1.54) is 12.8 Å². The zero-order valence-electron chi connectivity index (χ0n) is 13.5. The van der Waals surface area contributed by atoms with Crippen molar-refractivity contribution in [1.82, 2.24) is 4.98 Å². The van der Waals surface area contributed by atoms with E-state index in [1.54, 1.807) is 12.3 Å². The number of anilines is 1. The minimum Gasteiger partial charge on any atom is -0.490 e. The third-order valence-corrected chi connectivity index (χ3v) is 4.61. The summed E-state index contributed by atoms with van der Waals surface area (Å²) in [5.74, 6) is 1.45. The minimum absolute atomic E-state index is 0.0352. The second-order valence-electron chi connectivity index (χ2n) is 6.08. The first-order valence-electron chi connectivity index (χ1n) is 8.36. The molecule has 1 heterocycles. The summed E-state index contributed by atoms with van der Waals surface area (Å²) in [7, 11) is 0. The van der Waals surface area contributed by atoms with Gasteiger partial charge in [-0.05, 0) is 77.9 Å². The van der Waals surface area contributed by atoms with Gasteiger partial charge in [0.15, 0.2) is 0 Å². The van der Waals surface area contributed by atoms with Gasteiger partial charge in [-0.15, -0.1) is 0 Å². The van der Waals surface area contributed by atoms with Crippen molar-refractivity contribution in [2.24, 2.45) is 0 Å². The lowest BCUT2D eigenvalue weighted by atomic mass is 10.1. The molecule has 0 saturated heterocycles. The Morgan fingerprint density at radius 1 is 1.25 bits per heavy atom. The van der Waals surface area contributed by atoms with Gasteiger partial charge in [-0.1, -0.05) is 12.1 Å². The summed E-state index contributed by atoms with van der Waals surface area (Å²) in [6.45, 7) is 0. The molecule has 3 rings (SSSR count). The summed E-state index contributed by atoms with van der Waals surface area (Å²) in [5.41, 5.74) is 1.12. The van der Waals surface area contributed by atoms with Gasteiger partial charge >= 0.3 is 0 Å². The van der Waals surface area contributed by atoms with E-state index in [0.717, 1.165) is 28.6 Å². The van der Waals surface area contributed by atoms with Crippen molar-refractivity contribution in [2.45, 2.75) is 44.6 Å². The fourth-order valence-electron chi connectivity index (χ4n) is 2.89. The first kappa shape index (κ1) is 17.0. The Balaban J connectivity index is 1.50. The van der Waals surface area contributed by atoms with E-state index in [2.05, 4.69) is 26.2 Å². The van der Waals surface area contributed by atoms with Crippen molar-refractivity contribution < 1.29 is 9.53 Å². The van der Waals surface area contributed by atoms with Crippen LogP contribution in [0.1, 0.15) is 37.7 Å². The Bertz CT molecular complexity index is 682. The zero-order chi connectivity index (χ0) is 16.8. The molecule has 0 aliphatic heterocycles. The molecular weight excluding hydrogens is 368 g/mol. The molecule has 1 saturated carbocycles. The standard InChI is InChI=1S/C19H21BrN2O2/c20-15-9-10-18(21-13-15)22-19(23)11-8-14-4-3-7-17(12-14)24-16-5-1-2-6-16/h3-4,7,9-10,12-13,16H,1-2,5-6,8,11H2,(H,21,22,23). The van der Waals surface area contributed by atoms with Crippen LogP contribution in [0.25, 0.3) is 0 Å². The second-order valence-corrected chi connectivity index (χ2v) is 7.00. The molecule has 0 spiro atoms. The normalized spacial score (nSPS) is 14.5. The lowest BCUT2D eigenvalue weighted by Gasteiger charge is -2.13. The van der Waals surface area contributed by atoms with E-state index in [-0.39, 0.29) is 5.91 Å². The van der Waals surface area contributed by atoms with Crippen LogP contribution in [0.15, 0.2) is 47.1 Å². The van der Waals surface area contributed by atoms with E-state index in [4.69, 9.17) is 4.74 Å². The van der Waals surface area contributed by atoms with Crippen LogP contribution in [-0.2, 0) is 11.2 Å². The molecule has 0 atom stereocenters. The molecule has 1 aromatic carbocycles. The highest BCUT2D eigenvalue weighted by Gasteiger charge is 2.16. The fourth-order valence-corrected chi connectivity index (χ4v) is 3.12. The summed E-state index contributed by atoms with van der Waals surface area (Å²) >= 11 is 3.32. The maximum atomic E-state index is 12.0. The molecule has 0 radical (unpaired) electrons. The van der Waals surface area contributed by atoms with Crippen LogP contribution in [0.2, 0.25) is 0 Å². The first-order chi connectivity index (χ1) is 11.7. The Kier molecular flexibility index (Phi) is 5.86. The van der Waals surface area contributed by atoms with E-state index in [9.17, 15) is 4.79 Å². The molecule has 2 aromatic rings. The van der Waals surface area contributed by atoms with Gasteiger partial charge in [0.1, 0.15) is 11.6 Å². The molecule has 1 aliphatic carbocycles. The van der Waals surface area contributed by atoms with E-state index in [0.29, 0.717) is 24.8 Å². The lowest BCUT2D eigenvalue weighted by Crippen LogP contribution is -2.13. The smallest absolute Gasteiger partial charge is 0.225 e. The topological polar surface area (TPSA) is 51.2 Å². The number of nitrogens with one attached hydrogen (secondary N) is 1. The predicted octanol–water partition coefficient (Wildman–Crippen LogP) is 4.74. The number of amides is 1. The quantitative estimate of drug-likeness (QED) is 0.777. The molecule has 1 aliphatic rings. The molecule has 5 heteroatoms. The molecular formula is C19H21BrN2O2. The second kappa shape index (κ2) is 8.29. The number of pyridine rings is 1. The molecule has 1 amide bonds. The van der Waals surface area contributed by atoms with Crippen molar-refractivity contribution >= 4 is 27.7 Å². The van der Waals surface area contributed by atoms with Crippen LogP contribution in [0.3, 0.4) is 0 Å². The number of aryl methyl sites for hydroxylation is 1. The average molecular weight is 389 g/mol. The highest BCUT2D eigenvalue weighted by molar-refractivity contribution is 9.10. The molecule has 24 heavy (non-hydrogen) atoms. The highest BCUT2D eigenvalue weighted by Crippen LogP contribution is 2.24. The Labute approximate surface area is 150 Å². The van der Waals surface area contributed by atoms with Crippen LogP contribution in [-0.4, -0.2) is 17.0 Å². The summed E-state index contributed by atoms with van der Waals surface area (Å²) in [6, 6.07) is 11.7. The number of halogens is 1. The molecule has 1 fully saturated rings. The largest absolute Gasteiger partial charge is 0.490 e. The Morgan fingerprint density at radius 3 is 2.83 bits per heavy atom. The summed E-state index contributed by atoms with van der Waals surface area (Å²) in [5, 5.41) is 2.81. The molecule has 1 N–H and O–H groups in total. The van der Waals surface area contributed by atoms with Gasteiger partial charge in [-0.25, -0.2) is 4.98 Å². The van der Waals surface area contributed by atoms with Crippen molar-refractivity contribution in [3.05, 3.63) is 52.6 Å². The van der Waals surface area contributed by atoms with Crippen LogP contribution < -0.4 is 10.1 Å². The molecule has 126 valence electrons. The van der Waals surface area contributed by atoms with Crippen LogP contribution in [0.5, 0.6) is 5.75 Å². The highest BCUT2D eigenvalue weighted by atomic mass is 79.9. The minimum atomic E-state index is -0.0352. The lowest BCUT2D eigenvalue weighted by molar-refractivity contribution is -0.116. The van der Waals surface area contributed by atoms with Crippen LogP contribution >= 0.6 is 15.9 Å². The van der Waals surface area contributed by atoms with Crippen molar-refractivity contribution in [3.8, 4) is 5.75 Å². The maximum Gasteiger partial charge on any atom is 0.225 e. The summed E-state index contributed by atoms with van der Waals surface area (Å²) < 4.78 is 6.90. The van der Waals surface area contributed by atoms with Crippen LogP contribution in [0, 0.1) is 0 Å². The van der Waals surface area contributed by atoms with E-state index in [1.807, 2.05) is 30.3 Å². The average Bonchev–Trinajstić information content (AvgIpc) is 3.08. The number of rotatable bonds is 6. The third kappa shape index (κ3) is 5.06. The van der Waals surface area contributed by atoms with Crippen molar-refractivity contribution in [3.63, 3.8) is 0 Å². The number of benzene rings is 1. The van der Waals surface area contributed by atoms with E-state index < -0.39 is 0 Å². The number of ether oxygens (including phenoxy) is 1. The monoisotopic (exact) mass is 388 g/mol. The molecule has 1 aromatic heterocycles. The molecule has 4 nitrogen and oxygen atoms in total. The van der Waals surface area contributed by atoms with Gasteiger partial charge in [0, 0.05) is 17.1 Å². The molecule has 0 bridgehead atoms. The zero-order valence-corrected chi connectivity index (χ0v) is 15.1. The van der Waals surface area contributed by atoms with E-state index >= 15 is 0 Å². The third-order valence-electron chi connectivity index (χ3n) is 4.14. The summed E-state index contributed by atoms with van der Waals surface area (Å²) in [6.07, 6.45) is 7.93. The first-order valence-corrected chi connectivity index (χ1v) is 9.15. The van der Waals surface area contributed by atoms with Gasteiger partial charge < -0.3 is 10.1 Å². The van der Waals surface area contributed by atoms with Gasteiger partial charge in [-0.3, -0.25) is 4.79 Å². The van der Waals surface area contributed by atoms with Crippen molar-refractivity contribution in [2.75, 3.05) is 5.32 Å². The Morgan fingerprint density at radius 2 is 2.08 bits per heavy atom. The number of nitrogens with zero attached hydrogens (tertiary/aromatic N) is 1. The number of carbonyl (C=O) groups excluding carboxylic acids is 1. The SMILES string of the molecule is O=C(CCc1cccc(OC2CCCC2)c1)Nc1ccc(Br)cn1. The predicted molar refractivity (Wildman–Crippen MR) is 98.2 cm³/mol. The number of carbonyl (C=O) groups is 1. The van der Waals surface area contributed by atoms with Gasteiger partial charge in [0.2, 0.25) is 5.91 Å². The number of hydrogen-bond donors (Lipinski definition) is 1. The van der Waals surface area contributed by atoms with Crippen molar-refractivity contribution in [1.29, 1.82) is 0 Å². The van der Waals surface area contributed by atoms with Gasteiger partial charge in [-0.2, -0.15) is 0 Å². The summed E-state index contributed by atoms with van der Waals surface area (Å²) in [4.78, 5) is 16.2. The number of aromatic nitrogens is 1.